The summed E-state index contributed by atoms with van der Waals surface area (Å²) in [7, 11) is 0. The minimum atomic E-state index is -4.44. The Labute approximate surface area is 137 Å². The first kappa shape index (κ1) is 16.1. The molecular weight excluding hydrogens is 325 g/mol. The average Bonchev–Trinajstić information content (AvgIpc) is 2.50. The van der Waals surface area contributed by atoms with Gasteiger partial charge in [0.25, 0.3) is 0 Å². The van der Waals surface area contributed by atoms with E-state index >= 15 is 0 Å². The van der Waals surface area contributed by atoms with E-state index in [0.29, 0.717) is 23.6 Å². The maximum Gasteiger partial charge on any atom is 0.402 e. The highest BCUT2D eigenvalue weighted by Gasteiger charge is 2.59. The van der Waals surface area contributed by atoms with Crippen molar-refractivity contribution in [1.29, 1.82) is 0 Å². The van der Waals surface area contributed by atoms with Crippen LogP contribution in [0.5, 0.6) is 0 Å². The molecule has 0 fully saturated rings. The van der Waals surface area contributed by atoms with E-state index in [2.05, 4.69) is 10.3 Å². The number of rotatable bonds is 3. The van der Waals surface area contributed by atoms with E-state index in [4.69, 9.17) is 11.6 Å². The van der Waals surface area contributed by atoms with E-state index in [1.165, 1.54) is 18.3 Å². The van der Waals surface area contributed by atoms with Crippen molar-refractivity contribution in [3.63, 3.8) is 0 Å². The SMILES string of the molecule is CCCCC1(C(F)(F)F)c2cc(Cl)ccc2Nc2ncccc21. The average molecular weight is 341 g/mol. The summed E-state index contributed by atoms with van der Waals surface area (Å²) in [6.45, 7) is 1.88. The van der Waals surface area contributed by atoms with Crippen molar-refractivity contribution in [2.24, 2.45) is 0 Å². The number of hydrogen-bond donors (Lipinski definition) is 1. The molecule has 2 heterocycles. The third-order valence-electron chi connectivity index (χ3n) is 4.35. The lowest BCUT2D eigenvalue weighted by molar-refractivity contribution is -0.180. The van der Waals surface area contributed by atoms with E-state index in [1.54, 1.807) is 18.2 Å². The van der Waals surface area contributed by atoms with Gasteiger partial charge in [-0.1, -0.05) is 37.4 Å². The number of alkyl halides is 3. The summed E-state index contributed by atoms with van der Waals surface area (Å²) in [6.07, 6.45) is -1.84. The third-order valence-corrected chi connectivity index (χ3v) is 4.59. The molecule has 6 heteroatoms. The van der Waals surface area contributed by atoms with Gasteiger partial charge in [0, 0.05) is 22.5 Å². The second kappa shape index (κ2) is 5.71. The van der Waals surface area contributed by atoms with E-state index in [9.17, 15) is 13.2 Å². The molecule has 1 atom stereocenters. The van der Waals surface area contributed by atoms with E-state index in [1.807, 2.05) is 6.92 Å². The Balaban J connectivity index is 2.33. The maximum absolute atomic E-state index is 14.3. The van der Waals surface area contributed by atoms with Crippen LogP contribution in [0.2, 0.25) is 5.02 Å². The summed E-state index contributed by atoms with van der Waals surface area (Å²) < 4.78 is 42.9. The first-order valence-electron chi connectivity index (χ1n) is 7.49. The fourth-order valence-electron chi connectivity index (χ4n) is 3.26. The smallest absolute Gasteiger partial charge is 0.340 e. The number of pyridine rings is 1. The Hall–Kier alpha value is -1.75. The zero-order chi connectivity index (χ0) is 16.7. The molecule has 2 aromatic rings. The van der Waals surface area contributed by atoms with Gasteiger partial charge in [0.2, 0.25) is 0 Å². The second-order valence-electron chi connectivity index (χ2n) is 5.72. The maximum atomic E-state index is 14.3. The predicted octanol–water partition coefficient (Wildman–Crippen LogP) is 5.83. The fourth-order valence-corrected chi connectivity index (χ4v) is 3.43. The molecular formula is C17H16ClF3N2. The number of aromatic nitrogens is 1. The molecule has 2 nitrogen and oxygen atoms in total. The van der Waals surface area contributed by atoms with Gasteiger partial charge in [-0.3, -0.25) is 0 Å². The minimum Gasteiger partial charge on any atom is -0.340 e. The van der Waals surface area contributed by atoms with Gasteiger partial charge < -0.3 is 5.32 Å². The highest BCUT2D eigenvalue weighted by atomic mass is 35.5. The van der Waals surface area contributed by atoms with Crippen LogP contribution in [-0.2, 0) is 5.41 Å². The van der Waals surface area contributed by atoms with E-state index in [-0.39, 0.29) is 23.4 Å². The molecule has 0 saturated heterocycles. The van der Waals surface area contributed by atoms with Gasteiger partial charge in [0.05, 0.1) is 0 Å². The van der Waals surface area contributed by atoms with E-state index < -0.39 is 11.6 Å². The van der Waals surface area contributed by atoms with Crippen LogP contribution in [0.15, 0.2) is 36.5 Å². The molecule has 0 bridgehead atoms. The molecule has 0 amide bonds. The standard InChI is InChI=1S/C17H16ClF3N2/c1-2-3-8-16(17(19,20)21)12-5-4-9-22-15(12)23-14-7-6-11(18)10-13(14)16/h4-7,9-10H,2-3,8H2,1H3,(H,22,23). The van der Waals surface area contributed by atoms with Gasteiger partial charge in [-0.15, -0.1) is 0 Å². The summed E-state index contributed by atoms with van der Waals surface area (Å²) in [6, 6.07) is 7.64. The van der Waals surface area contributed by atoms with Crippen LogP contribution in [-0.4, -0.2) is 11.2 Å². The van der Waals surface area contributed by atoms with Crippen molar-refractivity contribution in [1.82, 2.24) is 4.98 Å². The van der Waals surface area contributed by atoms with Gasteiger partial charge in [0.15, 0.2) is 0 Å². The summed E-state index contributed by atoms with van der Waals surface area (Å²) in [5.74, 6) is 0.260. The number of nitrogens with one attached hydrogen (secondary N) is 1. The Bertz CT molecular complexity index is 730. The molecule has 1 N–H and O–H groups in total. The van der Waals surface area contributed by atoms with Crippen molar-refractivity contribution < 1.29 is 13.2 Å². The van der Waals surface area contributed by atoms with Crippen LogP contribution in [0.4, 0.5) is 24.7 Å². The highest BCUT2D eigenvalue weighted by molar-refractivity contribution is 6.30. The first-order chi connectivity index (χ1) is 10.9. The van der Waals surface area contributed by atoms with Crippen LogP contribution in [0, 0.1) is 0 Å². The third kappa shape index (κ3) is 2.47. The quantitative estimate of drug-likeness (QED) is 0.760. The fraction of sp³-hybridized carbons (Fsp3) is 0.353. The number of anilines is 2. The van der Waals surface area contributed by atoms with Crippen LogP contribution in [0.3, 0.4) is 0 Å². The normalized spacial score (nSPS) is 19.7. The van der Waals surface area contributed by atoms with Gasteiger partial charge in [-0.25, -0.2) is 4.98 Å². The number of fused-ring (bicyclic) bond motifs is 2. The lowest BCUT2D eigenvalue weighted by Crippen LogP contribution is -2.46. The Morgan fingerprint density at radius 1 is 1.22 bits per heavy atom. The summed E-state index contributed by atoms with van der Waals surface area (Å²) in [4.78, 5) is 4.11. The summed E-state index contributed by atoms with van der Waals surface area (Å²) in [5, 5.41) is 3.30. The molecule has 0 aliphatic carbocycles. The molecule has 1 aromatic carbocycles. The highest BCUT2D eigenvalue weighted by Crippen LogP contribution is 2.56. The molecule has 0 spiro atoms. The minimum absolute atomic E-state index is 0.0271. The summed E-state index contributed by atoms with van der Waals surface area (Å²) in [5.41, 5.74) is -1.34. The Morgan fingerprint density at radius 2 is 2.00 bits per heavy atom. The zero-order valence-corrected chi connectivity index (χ0v) is 13.3. The lowest BCUT2D eigenvalue weighted by Gasteiger charge is -2.42. The van der Waals surface area contributed by atoms with Gasteiger partial charge in [0.1, 0.15) is 11.2 Å². The molecule has 0 radical (unpaired) electrons. The molecule has 1 aliphatic heterocycles. The van der Waals surface area contributed by atoms with Crippen LogP contribution in [0.1, 0.15) is 37.3 Å². The van der Waals surface area contributed by atoms with Crippen molar-refractivity contribution in [2.45, 2.75) is 37.8 Å². The molecule has 23 heavy (non-hydrogen) atoms. The van der Waals surface area contributed by atoms with E-state index in [0.717, 1.165) is 0 Å². The largest absolute Gasteiger partial charge is 0.402 e. The molecule has 0 saturated carbocycles. The molecule has 1 aliphatic rings. The number of unbranched alkanes of at least 4 members (excludes halogenated alkanes) is 1. The first-order valence-corrected chi connectivity index (χ1v) is 7.87. The second-order valence-corrected chi connectivity index (χ2v) is 6.16. The Kier molecular flexibility index (Phi) is 4.00. The molecule has 1 unspecified atom stereocenters. The number of hydrogen-bond acceptors (Lipinski definition) is 2. The molecule has 122 valence electrons. The zero-order valence-electron chi connectivity index (χ0n) is 12.5. The van der Waals surface area contributed by atoms with Crippen LogP contribution < -0.4 is 5.32 Å². The van der Waals surface area contributed by atoms with Gasteiger partial charge in [-0.05, 0) is 36.2 Å². The van der Waals surface area contributed by atoms with Gasteiger partial charge >= 0.3 is 6.18 Å². The van der Waals surface area contributed by atoms with Crippen molar-refractivity contribution in [3.8, 4) is 0 Å². The molecule has 1 aromatic heterocycles. The molecule has 3 rings (SSSR count). The monoisotopic (exact) mass is 340 g/mol. The summed E-state index contributed by atoms with van der Waals surface area (Å²) >= 11 is 6.00. The lowest BCUT2D eigenvalue weighted by atomic mass is 9.68. The predicted molar refractivity (Wildman–Crippen MR) is 85.3 cm³/mol. The topological polar surface area (TPSA) is 24.9 Å². The van der Waals surface area contributed by atoms with Gasteiger partial charge in [-0.2, -0.15) is 13.2 Å². The van der Waals surface area contributed by atoms with Crippen molar-refractivity contribution in [2.75, 3.05) is 5.32 Å². The number of nitrogens with zero attached hydrogens (tertiary/aromatic N) is 1. The Morgan fingerprint density at radius 3 is 2.70 bits per heavy atom. The van der Waals surface area contributed by atoms with Crippen LogP contribution >= 0.6 is 11.6 Å². The van der Waals surface area contributed by atoms with Crippen molar-refractivity contribution in [3.05, 3.63) is 52.7 Å². The number of benzene rings is 1. The number of halogens is 4. The van der Waals surface area contributed by atoms with Crippen molar-refractivity contribution >= 4 is 23.1 Å². The van der Waals surface area contributed by atoms with Crippen LogP contribution in [0.25, 0.3) is 0 Å².